The number of carbonyl (C=O) groups is 2. The molecule has 1 fully saturated rings. The fourth-order valence-corrected chi connectivity index (χ4v) is 2.76. The number of cyclic esters (lactones) is 1. The molecule has 1 aliphatic rings. The molecule has 1 amide bonds. The number of hydrogen-bond donors (Lipinski definition) is 1. The van der Waals surface area contributed by atoms with Gasteiger partial charge in [-0.05, 0) is 59.8 Å². The van der Waals surface area contributed by atoms with Crippen molar-refractivity contribution in [3.05, 3.63) is 11.6 Å². The van der Waals surface area contributed by atoms with E-state index in [4.69, 9.17) is 4.74 Å². The lowest BCUT2D eigenvalue weighted by atomic mass is 9.88. The molecule has 132 valence electrons. The van der Waals surface area contributed by atoms with E-state index in [1.165, 1.54) is 10.5 Å². The first-order valence-corrected chi connectivity index (χ1v) is 8.16. The van der Waals surface area contributed by atoms with Crippen LogP contribution in [0.3, 0.4) is 0 Å². The summed E-state index contributed by atoms with van der Waals surface area (Å²) in [5.74, 6) is -1.07. The van der Waals surface area contributed by atoms with Crippen LogP contribution in [-0.4, -0.2) is 39.9 Å². The maximum Gasteiger partial charge on any atom is 0.412 e. The summed E-state index contributed by atoms with van der Waals surface area (Å²) in [7, 11) is 0. The molecule has 0 bridgehead atoms. The minimum atomic E-state index is -1.38. The van der Waals surface area contributed by atoms with Crippen molar-refractivity contribution in [1.29, 1.82) is 0 Å². The molecule has 0 unspecified atom stereocenters. The van der Waals surface area contributed by atoms with Gasteiger partial charge in [-0.15, -0.1) is 0 Å². The van der Waals surface area contributed by atoms with Crippen molar-refractivity contribution >= 4 is 12.1 Å². The Bertz CT molecular complexity index is 468. The lowest BCUT2D eigenvalue weighted by Crippen LogP contribution is -2.55. The number of unbranched alkanes of at least 4 members (excludes halogenated alkanes) is 2. The second-order valence-corrected chi connectivity index (χ2v) is 6.77. The normalized spacial score (nSPS) is 27.0. The number of allylic oxidation sites excluding steroid dienone is 2. The van der Waals surface area contributed by atoms with Crippen molar-refractivity contribution in [2.45, 2.75) is 77.5 Å². The van der Waals surface area contributed by atoms with Crippen molar-refractivity contribution in [3.63, 3.8) is 0 Å². The smallest absolute Gasteiger partial charge is 0.412 e. The van der Waals surface area contributed by atoms with Gasteiger partial charge in [0, 0.05) is 12.5 Å². The van der Waals surface area contributed by atoms with Crippen LogP contribution in [0.15, 0.2) is 11.6 Å². The molecule has 0 saturated carbocycles. The number of amides is 1. The van der Waals surface area contributed by atoms with Gasteiger partial charge in [0.25, 0.3) is 0 Å². The Morgan fingerprint density at radius 3 is 2.52 bits per heavy atom. The summed E-state index contributed by atoms with van der Waals surface area (Å²) in [6, 6.07) is 0. The molecule has 0 aromatic rings. The number of rotatable bonds is 9. The van der Waals surface area contributed by atoms with E-state index in [1.807, 2.05) is 13.8 Å². The number of ether oxygens (including phenoxy) is 1. The van der Waals surface area contributed by atoms with Crippen LogP contribution in [0.2, 0.25) is 0 Å². The highest BCUT2D eigenvalue weighted by Gasteiger charge is 2.58. The molecule has 1 heterocycles. The van der Waals surface area contributed by atoms with Gasteiger partial charge in [-0.25, -0.2) is 4.79 Å². The monoisotopic (exact) mass is 326 g/mol. The predicted octanol–water partition coefficient (Wildman–Crippen LogP) is 1.96. The Labute approximate surface area is 138 Å². The minimum Gasteiger partial charge on any atom is -0.550 e. The van der Waals surface area contributed by atoms with E-state index in [-0.39, 0.29) is 6.42 Å². The molecule has 1 saturated heterocycles. The molecule has 0 spiro atoms. The summed E-state index contributed by atoms with van der Waals surface area (Å²) in [5, 5.41) is 21.2. The highest BCUT2D eigenvalue weighted by atomic mass is 16.6. The van der Waals surface area contributed by atoms with E-state index in [1.54, 1.807) is 13.8 Å². The van der Waals surface area contributed by atoms with Crippen LogP contribution in [-0.2, 0) is 9.53 Å². The maximum absolute atomic E-state index is 12.1. The Balaban J connectivity index is 2.59. The molecule has 0 aliphatic carbocycles. The molecule has 1 rings (SSSR count). The third kappa shape index (κ3) is 4.96. The number of carboxylic acids is 1. The molecule has 1 N–H and O–H groups in total. The number of hydrogen-bond acceptors (Lipinski definition) is 5. The van der Waals surface area contributed by atoms with Gasteiger partial charge in [0.2, 0.25) is 0 Å². The maximum atomic E-state index is 12.1. The van der Waals surface area contributed by atoms with Gasteiger partial charge in [-0.1, -0.05) is 18.1 Å². The molecule has 6 heteroatoms. The lowest BCUT2D eigenvalue weighted by molar-refractivity contribution is -0.305. The third-order valence-corrected chi connectivity index (χ3v) is 4.50. The first-order chi connectivity index (χ1) is 10.6. The third-order valence-electron chi connectivity index (χ3n) is 4.50. The van der Waals surface area contributed by atoms with Crippen molar-refractivity contribution in [2.75, 3.05) is 6.54 Å². The largest absolute Gasteiger partial charge is 0.550 e. The van der Waals surface area contributed by atoms with Crippen molar-refractivity contribution < 1.29 is 24.5 Å². The standard InChI is InChI=1S/C17H29NO5/c1-13(2)9-8-11-16(3)17(4,22)18(15(21)23-16)12-7-5-6-10-14(19)20/h9,22H,5-8,10-12H2,1-4H3,(H,19,20)/p-1/t16-,17-/m1/s1. The van der Waals surface area contributed by atoms with Gasteiger partial charge >= 0.3 is 6.09 Å². The zero-order chi connectivity index (χ0) is 17.7. The first-order valence-electron chi connectivity index (χ1n) is 8.16. The molecular formula is C17H28NO5-. The van der Waals surface area contributed by atoms with E-state index in [0.717, 1.165) is 6.42 Å². The zero-order valence-corrected chi connectivity index (χ0v) is 14.6. The molecule has 23 heavy (non-hydrogen) atoms. The van der Waals surface area contributed by atoms with Crippen LogP contribution < -0.4 is 5.11 Å². The van der Waals surface area contributed by atoms with Gasteiger partial charge in [-0.2, -0.15) is 0 Å². The zero-order valence-electron chi connectivity index (χ0n) is 14.6. The Morgan fingerprint density at radius 1 is 1.30 bits per heavy atom. The quantitative estimate of drug-likeness (QED) is 0.517. The number of aliphatic carboxylic acids is 1. The Hall–Kier alpha value is -1.56. The highest BCUT2D eigenvalue weighted by molar-refractivity contribution is 5.72. The number of nitrogens with zero attached hydrogens (tertiary/aromatic N) is 1. The topological polar surface area (TPSA) is 89.9 Å². The molecule has 0 radical (unpaired) electrons. The molecular weight excluding hydrogens is 298 g/mol. The minimum absolute atomic E-state index is 0.0151. The fraction of sp³-hybridized carbons (Fsp3) is 0.765. The number of carboxylic acid groups (broad SMARTS) is 1. The van der Waals surface area contributed by atoms with Crippen LogP contribution in [0.4, 0.5) is 4.79 Å². The first kappa shape index (κ1) is 19.5. The molecule has 2 atom stereocenters. The number of carbonyl (C=O) groups excluding carboxylic acids is 2. The van der Waals surface area contributed by atoms with Crippen molar-refractivity contribution in [1.82, 2.24) is 4.90 Å². The second kappa shape index (κ2) is 7.81. The van der Waals surface area contributed by atoms with Crippen LogP contribution in [0, 0.1) is 0 Å². The van der Waals surface area contributed by atoms with E-state index < -0.39 is 23.4 Å². The molecule has 6 nitrogen and oxygen atoms in total. The molecule has 0 aromatic carbocycles. The van der Waals surface area contributed by atoms with Gasteiger partial charge in [0.15, 0.2) is 11.3 Å². The van der Waals surface area contributed by atoms with Crippen LogP contribution in [0.25, 0.3) is 0 Å². The van der Waals surface area contributed by atoms with Crippen LogP contribution in [0.1, 0.15) is 66.2 Å². The van der Waals surface area contributed by atoms with Gasteiger partial charge in [-0.3, -0.25) is 4.90 Å². The van der Waals surface area contributed by atoms with E-state index in [0.29, 0.717) is 32.2 Å². The summed E-state index contributed by atoms with van der Waals surface area (Å²) in [6.45, 7) is 7.69. The second-order valence-electron chi connectivity index (χ2n) is 6.77. The average Bonchev–Trinajstić information content (AvgIpc) is 2.56. The summed E-state index contributed by atoms with van der Waals surface area (Å²) in [5.41, 5.74) is -1.16. The van der Waals surface area contributed by atoms with Gasteiger partial charge < -0.3 is 19.7 Å². The summed E-state index contributed by atoms with van der Waals surface area (Å²) < 4.78 is 5.46. The van der Waals surface area contributed by atoms with E-state index in [9.17, 15) is 19.8 Å². The predicted molar refractivity (Wildman–Crippen MR) is 84.4 cm³/mol. The van der Waals surface area contributed by atoms with Gasteiger partial charge in [0.05, 0.1) is 0 Å². The van der Waals surface area contributed by atoms with E-state index in [2.05, 4.69) is 6.08 Å². The fourth-order valence-electron chi connectivity index (χ4n) is 2.76. The van der Waals surface area contributed by atoms with Crippen LogP contribution in [0.5, 0.6) is 0 Å². The molecule has 1 aliphatic heterocycles. The molecule has 0 aromatic heterocycles. The average molecular weight is 326 g/mol. The SMILES string of the molecule is CC(C)=CCC[C@@]1(C)OC(=O)N(CCCCCC(=O)[O-])[C@]1(C)O. The summed E-state index contributed by atoms with van der Waals surface area (Å²) in [6.07, 6.45) is 4.59. The summed E-state index contributed by atoms with van der Waals surface area (Å²) in [4.78, 5) is 23.8. The van der Waals surface area contributed by atoms with E-state index >= 15 is 0 Å². The summed E-state index contributed by atoms with van der Waals surface area (Å²) >= 11 is 0. The number of aliphatic hydroxyl groups is 1. The Morgan fingerprint density at radius 2 is 1.96 bits per heavy atom. The van der Waals surface area contributed by atoms with Crippen molar-refractivity contribution in [2.24, 2.45) is 0 Å². The van der Waals surface area contributed by atoms with Gasteiger partial charge in [0.1, 0.15) is 0 Å². The highest BCUT2D eigenvalue weighted by Crippen LogP contribution is 2.40. The van der Waals surface area contributed by atoms with Crippen molar-refractivity contribution in [3.8, 4) is 0 Å². The van der Waals surface area contributed by atoms with Crippen LogP contribution >= 0.6 is 0 Å². The Kier molecular flexibility index (Phi) is 6.62. The lowest BCUT2D eigenvalue weighted by Gasteiger charge is -2.37.